The van der Waals surface area contributed by atoms with Gasteiger partial charge in [0.15, 0.2) is 0 Å². The second-order valence-corrected chi connectivity index (χ2v) is 3.54. The quantitative estimate of drug-likeness (QED) is 0.754. The Bertz CT molecular complexity index is 331. The summed E-state index contributed by atoms with van der Waals surface area (Å²) < 4.78 is 1.78. The standard InChI is InChI=1S/C9H13N3O2/c13-9(14)10-3-4-12-6-8(5-11-12)7-1-2-7/h5-7,10H,1-4H2,(H,13,14). The average Bonchev–Trinajstić information content (AvgIpc) is 2.87. The molecule has 1 aliphatic rings. The van der Waals surface area contributed by atoms with Gasteiger partial charge in [-0.1, -0.05) is 0 Å². The van der Waals surface area contributed by atoms with E-state index in [1.165, 1.54) is 18.4 Å². The van der Waals surface area contributed by atoms with E-state index in [2.05, 4.69) is 10.4 Å². The molecule has 0 radical (unpaired) electrons. The van der Waals surface area contributed by atoms with Gasteiger partial charge in [-0.25, -0.2) is 4.79 Å². The minimum Gasteiger partial charge on any atom is -0.465 e. The van der Waals surface area contributed by atoms with Crippen LogP contribution in [0, 0.1) is 0 Å². The molecule has 0 unspecified atom stereocenters. The van der Waals surface area contributed by atoms with Crippen LogP contribution >= 0.6 is 0 Å². The molecule has 0 saturated heterocycles. The summed E-state index contributed by atoms with van der Waals surface area (Å²) in [7, 11) is 0. The Hall–Kier alpha value is -1.52. The average molecular weight is 195 g/mol. The lowest BCUT2D eigenvalue weighted by Crippen LogP contribution is -2.25. The number of carbonyl (C=O) groups is 1. The summed E-state index contributed by atoms with van der Waals surface area (Å²) in [6.07, 6.45) is 5.41. The van der Waals surface area contributed by atoms with Gasteiger partial charge in [0.05, 0.1) is 12.7 Å². The van der Waals surface area contributed by atoms with Gasteiger partial charge < -0.3 is 10.4 Å². The molecule has 5 nitrogen and oxygen atoms in total. The Morgan fingerprint density at radius 1 is 1.71 bits per heavy atom. The fourth-order valence-corrected chi connectivity index (χ4v) is 1.41. The van der Waals surface area contributed by atoms with Crippen LogP contribution in [0.25, 0.3) is 0 Å². The fraction of sp³-hybridized carbons (Fsp3) is 0.556. The summed E-state index contributed by atoms with van der Waals surface area (Å²) in [5.74, 6) is 0.705. The van der Waals surface area contributed by atoms with Gasteiger partial charge in [0, 0.05) is 12.7 Å². The lowest BCUT2D eigenvalue weighted by molar-refractivity contribution is 0.194. The normalized spacial score (nSPS) is 15.4. The first-order valence-corrected chi connectivity index (χ1v) is 4.75. The third kappa shape index (κ3) is 2.25. The highest BCUT2D eigenvalue weighted by molar-refractivity contribution is 5.64. The largest absolute Gasteiger partial charge is 0.465 e. The molecular weight excluding hydrogens is 182 g/mol. The second kappa shape index (κ2) is 3.69. The van der Waals surface area contributed by atoms with Crippen LogP contribution in [0.15, 0.2) is 12.4 Å². The van der Waals surface area contributed by atoms with Crippen LogP contribution in [-0.2, 0) is 6.54 Å². The number of carboxylic acid groups (broad SMARTS) is 1. The molecule has 1 aromatic rings. The molecule has 0 aromatic carbocycles. The summed E-state index contributed by atoms with van der Waals surface area (Å²) >= 11 is 0. The van der Waals surface area contributed by atoms with Crippen molar-refractivity contribution >= 4 is 6.09 Å². The van der Waals surface area contributed by atoms with E-state index in [1.807, 2.05) is 12.4 Å². The van der Waals surface area contributed by atoms with Crippen LogP contribution in [0.3, 0.4) is 0 Å². The van der Waals surface area contributed by atoms with Gasteiger partial charge in [-0.3, -0.25) is 4.68 Å². The van der Waals surface area contributed by atoms with Crippen molar-refractivity contribution in [2.75, 3.05) is 6.54 Å². The topological polar surface area (TPSA) is 67.2 Å². The molecule has 0 atom stereocenters. The highest BCUT2D eigenvalue weighted by Gasteiger charge is 2.24. The van der Waals surface area contributed by atoms with Crippen molar-refractivity contribution in [2.24, 2.45) is 0 Å². The molecule has 2 N–H and O–H groups in total. The molecule has 1 heterocycles. The van der Waals surface area contributed by atoms with E-state index in [1.54, 1.807) is 4.68 Å². The molecule has 1 amide bonds. The van der Waals surface area contributed by atoms with Gasteiger partial charge in [-0.2, -0.15) is 5.10 Å². The van der Waals surface area contributed by atoms with Crippen LogP contribution in [0.2, 0.25) is 0 Å². The first-order valence-electron chi connectivity index (χ1n) is 4.75. The van der Waals surface area contributed by atoms with Crippen LogP contribution in [0.4, 0.5) is 4.79 Å². The van der Waals surface area contributed by atoms with Gasteiger partial charge in [-0.05, 0) is 24.3 Å². The summed E-state index contributed by atoms with van der Waals surface area (Å²) in [6, 6.07) is 0. The zero-order valence-corrected chi connectivity index (χ0v) is 7.81. The maximum absolute atomic E-state index is 10.2. The fourth-order valence-electron chi connectivity index (χ4n) is 1.41. The third-order valence-corrected chi connectivity index (χ3v) is 2.32. The highest BCUT2D eigenvalue weighted by Crippen LogP contribution is 2.39. The van der Waals surface area contributed by atoms with E-state index in [0.29, 0.717) is 19.0 Å². The number of amides is 1. The van der Waals surface area contributed by atoms with Gasteiger partial charge >= 0.3 is 6.09 Å². The lowest BCUT2D eigenvalue weighted by Gasteiger charge is -2.00. The van der Waals surface area contributed by atoms with Gasteiger partial charge in [0.2, 0.25) is 0 Å². The first-order chi connectivity index (χ1) is 6.75. The van der Waals surface area contributed by atoms with Crippen molar-refractivity contribution in [3.63, 3.8) is 0 Å². The number of nitrogens with zero attached hydrogens (tertiary/aromatic N) is 2. The molecule has 2 rings (SSSR count). The minimum atomic E-state index is -0.987. The SMILES string of the molecule is O=C(O)NCCn1cc(C2CC2)cn1. The molecule has 14 heavy (non-hydrogen) atoms. The molecule has 0 bridgehead atoms. The third-order valence-electron chi connectivity index (χ3n) is 2.32. The summed E-state index contributed by atoms with van der Waals surface area (Å²) in [5, 5.41) is 14.8. The summed E-state index contributed by atoms with van der Waals surface area (Å²) in [4.78, 5) is 10.2. The Labute approximate surface area is 81.7 Å². The van der Waals surface area contributed by atoms with Crippen LogP contribution in [0.1, 0.15) is 24.3 Å². The van der Waals surface area contributed by atoms with E-state index >= 15 is 0 Å². The van der Waals surface area contributed by atoms with Crippen LogP contribution in [0.5, 0.6) is 0 Å². The number of rotatable bonds is 4. The van der Waals surface area contributed by atoms with Crippen molar-refractivity contribution in [1.82, 2.24) is 15.1 Å². The van der Waals surface area contributed by atoms with E-state index < -0.39 is 6.09 Å². The number of aromatic nitrogens is 2. The molecule has 5 heteroatoms. The lowest BCUT2D eigenvalue weighted by atomic mass is 10.2. The Morgan fingerprint density at radius 3 is 3.14 bits per heavy atom. The molecule has 0 aliphatic heterocycles. The first kappa shape index (κ1) is 9.05. The maximum Gasteiger partial charge on any atom is 0.404 e. The zero-order chi connectivity index (χ0) is 9.97. The smallest absolute Gasteiger partial charge is 0.404 e. The minimum absolute atomic E-state index is 0.404. The molecule has 1 fully saturated rings. The molecule has 1 aliphatic carbocycles. The van der Waals surface area contributed by atoms with Gasteiger partial charge in [0.1, 0.15) is 0 Å². The van der Waals surface area contributed by atoms with Crippen LogP contribution in [-0.4, -0.2) is 27.5 Å². The Kier molecular flexibility index (Phi) is 2.39. The van der Waals surface area contributed by atoms with Crippen molar-refractivity contribution in [2.45, 2.75) is 25.3 Å². The number of nitrogens with one attached hydrogen (secondary N) is 1. The molecule has 76 valence electrons. The molecule has 0 spiro atoms. The van der Waals surface area contributed by atoms with Crippen molar-refractivity contribution in [3.8, 4) is 0 Å². The molecular formula is C9H13N3O2. The number of hydrogen-bond donors (Lipinski definition) is 2. The van der Waals surface area contributed by atoms with Gasteiger partial charge in [-0.15, -0.1) is 0 Å². The van der Waals surface area contributed by atoms with Gasteiger partial charge in [0.25, 0.3) is 0 Å². The molecule has 1 saturated carbocycles. The van der Waals surface area contributed by atoms with Crippen molar-refractivity contribution in [1.29, 1.82) is 0 Å². The van der Waals surface area contributed by atoms with Crippen molar-refractivity contribution < 1.29 is 9.90 Å². The summed E-state index contributed by atoms with van der Waals surface area (Å²) in [5.41, 5.74) is 1.28. The van der Waals surface area contributed by atoms with Crippen molar-refractivity contribution in [3.05, 3.63) is 18.0 Å². The maximum atomic E-state index is 10.2. The van der Waals surface area contributed by atoms with E-state index in [9.17, 15) is 4.79 Å². The predicted octanol–water partition coefficient (Wildman–Crippen LogP) is 1.03. The predicted molar refractivity (Wildman–Crippen MR) is 50.2 cm³/mol. The second-order valence-electron chi connectivity index (χ2n) is 3.54. The van der Waals surface area contributed by atoms with E-state index in [4.69, 9.17) is 5.11 Å². The van der Waals surface area contributed by atoms with Crippen LogP contribution < -0.4 is 5.32 Å². The molecule has 1 aromatic heterocycles. The number of hydrogen-bond acceptors (Lipinski definition) is 2. The Balaban J connectivity index is 1.80. The summed E-state index contributed by atoms with van der Waals surface area (Å²) in [6.45, 7) is 1.00. The highest BCUT2D eigenvalue weighted by atomic mass is 16.4. The monoisotopic (exact) mass is 195 g/mol. The van der Waals surface area contributed by atoms with E-state index in [-0.39, 0.29) is 0 Å². The van der Waals surface area contributed by atoms with E-state index in [0.717, 1.165) is 0 Å². The zero-order valence-electron chi connectivity index (χ0n) is 7.81. The Morgan fingerprint density at radius 2 is 2.50 bits per heavy atom.